The Balaban J connectivity index is 3.23. The molecule has 0 fully saturated rings. The van der Waals surface area contributed by atoms with E-state index in [0.717, 1.165) is 0 Å². The van der Waals surface area contributed by atoms with E-state index >= 15 is 0 Å². The lowest BCUT2D eigenvalue weighted by Gasteiger charge is -2.18. The highest BCUT2D eigenvalue weighted by atomic mass is 31.2. The first-order chi connectivity index (χ1) is 8.61. The maximum Gasteiger partial charge on any atom is 0.366 e. The summed E-state index contributed by atoms with van der Waals surface area (Å²) < 4.78 is 33.2. The summed E-state index contributed by atoms with van der Waals surface area (Å²) in [6, 6.07) is 3.17. The van der Waals surface area contributed by atoms with Gasteiger partial charge in [-0.3, -0.25) is 4.57 Å². The third-order valence-electron chi connectivity index (χ3n) is 2.11. The van der Waals surface area contributed by atoms with Crippen molar-refractivity contribution < 1.29 is 23.1 Å². The maximum absolute atomic E-state index is 12.6. The molecule has 1 rings (SSSR count). The molecule has 1 aromatic rings. The number of pyridine rings is 1. The maximum atomic E-state index is 12.6. The van der Waals surface area contributed by atoms with E-state index in [-0.39, 0.29) is 19.1 Å². The molecule has 0 aromatic carbocycles. The molecule has 0 atom stereocenters. The van der Waals surface area contributed by atoms with Gasteiger partial charge in [-0.05, 0) is 19.9 Å². The molecule has 0 amide bonds. The van der Waals surface area contributed by atoms with E-state index in [9.17, 15) is 4.57 Å². The van der Waals surface area contributed by atoms with Crippen molar-refractivity contribution in [1.82, 2.24) is 4.98 Å². The second-order valence-corrected chi connectivity index (χ2v) is 5.21. The number of rotatable bonds is 7. The van der Waals surface area contributed by atoms with Crippen LogP contribution >= 0.6 is 7.60 Å². The molecular weight excluding hydrogens is 257 g/mol. The predicted octanol–water partition coefficient (Wildman–Crippen LogP) is 1.99. The Labute approximate surface area is 107 Å². The number of ether oxygens (including phenoxy) is 2. The van der Waals surface area contributed by atoms with E-state index in [1.807, 2.05) is 0 Å². The zero-order valence-electron chi connectivity index (χ0n) is 11.0. The average molecular weight is 275 g/mol. The van der Waals surface area contributed by atoms with Crippen LogP contribution in [-0.2, 0) is 13.6 Å². The Hall–Kier alpha value is -1.10. The van der Waals surface area contributed by atoms with Gasteiger partial charge in [-0.1, -0.05) is 0 Å². The predicted molar refractivity (Wildman–Crippen MR) is 67.8 cm³/mol. The van der Waals surface area contributed by atoms with Crippen LogP contribution in [0.25, 0.3) is 0 Å². The molecule has 0 radical (unpaired) electrons. The first-order valence-electron chi connectivity index (χ1n) is 5.60. The van der Waals surface area contributed by atoms with Gasteiger partial charge in [-0.15, -0.1) is 0 Å². The van der Waals surface area contributed by atoms with Crippen molar-refractivity contribution in [3.8, 4) is 11.8 Å². The van der Waals surface area contributed by atoms with Crippen molar-refractivity contribution >= 4 is 12.9 Å². The lowest BCUT2D eigenvalue weighted by molar-refractivity contribution is 0.229. The third-order valence-corrected chi connectivity index (χ3v) is 4.24. The molecule has 0 N–H and O–H groups in total. The molecule has 0 unspecified atom stereocenters. The van der Waals surface area contributed by atoms with E-state index in [2.05, 4.69) is 4.98 Å². The summed E-state index contributed by atoms with van der Waals surface area (Å²) >= 11 is 0. The van der Waals surface area contributed by atoms with Gasteiger partial charge >= 0.3 is 7.60 Å². The Morgan fingerprint density at radius 1 is 1.11 bits per heavy atom. The van der Waals surface area contributed by atoms with Crippen LogP contribution in [0.4, 0.5) is 0 Å². The van der Waals surface area contributed by atoms with Crippen LogP contribution in [-0.4, -0.2) is 32.4 Å². The summed E-state index contributed by atoms with van der Waals surface area (Å²) in [4.78, 5) is 4.06. The molecule has 0 aliphatic rings. The Morgan fingerprint density at radius 2 is 1.72 bits per heavy atom. The van der Waals surface area contributed by atoms with Crippen LogP contribution in [0.5, 0.6) is 11.8 Å². The van der Waals surface area contributed by atoms with E-state index in [0.29, 0.717) is 11.2 Å². The van der Waals surface area contributed by atoms with Crippen LogP contribution in [0.15, 0.2) is 12.1 Å². The van der Waals surface area contributed by atoms with Gasteiger partial charge in [-0.2, -0.15) is 4.98 Å². The SMILES string of the molecule is CCOP(=O)(OCC)c1ccc(OC)nc1OC. The van der Waals surface area contributed by atoms with Crippen molar-refractivity contribution in [3.63, 3.8) is 0 Å². The molecule has 0 aliphatic carbocycles. The molecule has 6 nitrogen and oxygen atoms in total. The van der Waals surface area contributed by atoms with Crippen molar-refractivity contribution in [2.75, 3.05) is 27.4 Å². The van der Waals surface area contributed by atoms with Gasteiger partial charge in [0.1, 0.15) is 5.30 Å². The molecular formula is C11H18NO5P. The normalized spacial score (nSPS) is 11.3. The quantitative estimate of drug-likeness (QED) is 0.709. The van der Waals surface area contributed by atoms with E-state index in [1.54, 1.807) is 26.0 Å². The first kappa shape index (κ1) is 15.0. The van der Waals surface area contributed by atoms with Gasteiger partial charge in [0.25, 0.3) is 0 Å². The van der Waals surface area contributed by atoms with Crippen LogP contribution < -0.4 is 14.8 Å². The van der Waals surface area contributed by atoms with Gasteiger partial charge in [-0.25, -0.2) is 0 Å². The van der Waals surface area contributed by atoms with Gasteiger partial charge in [0.05, 0.1) is 27.4 Å². The summed E-state index contributed by atoms with van der Waals surface area (Å²) in [7, 11) is -0.469. The van der Waals surface area contributed by atoms with Crippen molar-refractivity contribution in [2.24, 2.45) is 0 Å². The van der Waals surface area contributed by atoms with Crippen LogP contribution in [0.2, 0.25) is 0 Å². The topological polar surface area (TPSA) is 66.9 Å². The fraction of sp³-hybridized carbons (Fsp3) is 0.545. The zero-order valence-corrected chi connectivity index (χ0v) is 11.9. The Morgan fingerprint density at radius 3 is 2.17 bits per heavy atom. The minimum atomic E-state index is -3.40. The van der Waals surface area contributed by atoms with Gasteiger partial charge in [0.15, 0.2) is 0 Å². The molecule has 0 spiro atoms. The monoisotopic (exact) mass is 275 g/mol. The van der Waals surface area contributed by atoms with Crippen molar-refractivity contribution in [3.05, 3.63) is 12.1 Å². The highest BCUT2D eigenvalue weighted by Gasteiger charge is 2.31. The summed E-state index contributed by atoms with van der Waals surface area (Å²) in [5, 5.41) is 0.300. The molecule has 0 saturated carbocycles. The molecule has 102 valence electrons. The number of aromatic nitrogens is 1. The average Bonchev–Trinajstić information content (AvgIpc) is 2.38. The Kier molecular flexibility index (Phi) is 5.59. The van der Waals surface area contributed by atoms with Crippen molar-refractivity contribution in [1.29, 1.82) is 0 Å². The minimum Gasteiger partial charge on any atom is -0.481 e. The van der Waals surface area contributed by atoms with Crippen LogP contribution in [0, 0.1) is 0 Å². The number of hydrogen-bond acceptors (Lipinski definition) is 6. The van der Waals surface area contributed by atoms with E-state index in [4.69, 9.17) is 18.5 Å². The smallest absolute Gasteiger partial charge is 0.366 e. The van der Waals surface area contributed by atoms with Crippen LogP contribution in [0.1, 0.15) is 13.8 Å². The lowest BCUT2D eigenvalue weighted by atomic mass is 10.5. The fourth-order valence-corrected chi connectivity index (χ4v) is 3.07. The standard InChI is InChI=1S/C11H18NO5P/c1-5-16-18(13,17-6-2)9-7-8-10(14-3)12-11(9)15-4/h7-8H,5-6H2,1-4H3. The highest BCUT2D eigenvalue weighted by molar-refractivity contribution is 7.62. The summed E-state index contributed by atoms with van der Waals surface area (Å²) in [5.41, 5.74) is 0. The van der Waals surface area contributed by atoms with Gasteiger partial charge in [0.2, 0.25) is 11.8 Å². The minimum absolute atomic E-state index is 0.180. The van der Waals surface area contributed by atoms with Gasteiger partial charge < -0.3 is 18.5 Å². The molecule has 18 heavy (non-hydrogen) atoms. The summed E-state index contributed by atoms with van der Waals surface area (Å²) in [5.74, 6) is 0.551. The zero-order chi connectivity index (χ0) is 13.6. The summed E-state index contributed by atoms with van der Waals surface area (Å²) in [6.45, 7) is 4.03. The second kappa shape index (κ2) is 6.73. The molecule has 0 aliphatic heterocycles. The molecule has 1 aromatic heterocycles. The van der Waals surface area contributed by atoms with Crippen LogP contribution in [0.3, 0.4) is 0 Å². The molecule has 0 saturated heterocycles. The third kappa shape index (κ3) is 3.22. The number of hydrogen-bond donors (Lipinski definition) is 0. The Bertz CT molecular complexity index is 427. The fourth-order valence-electron chi connectivity index (χ4n) is 1.40. The summed E-state index contributed by atoms with van der Waals surface area (Å²) in [6.07, 6.45) is 0. The van der Waals surface area contributed by atoms with Gasteiger partial charge in [0, 0.05) is 6.07 Å². The molecule has 1 heterocycles. The lowest BCUT2D eigenvalue weighted by Crippen LogP contribution is -2.15. The number of methoxy groups -OCH3 is 2. The van der Waals surface area contributed by atoms with E-state index < -0.39 is 7.60 Å². The molecule has 7 heteroatoms. The first-order valence-corrected chi connectivity index (χ1v) is 7.14. The van der Waals surface area contributed by atoms with E-state index in [1.165, 1.54) is 14.2 Å². The second-order valence-electron chi connectivity index (χ2n) is 3.22. The highest BCUT2D eigenvalue weighted by Crippen LogP contribution is 2.49. The molecule has 0 bridgehead atoms. The largest absolute Gasteiger partial charge is 0.481 e. The number of nitrogens with zero attached hydrogens (tertiary/aromatic N) is 1. The van der Waals surface area contributed by atoms with Crippen molar-refractivity contribution in [2.45, 2.75) is 13.8 Å².